The second-order valence-corrected chi connectivity index (χ2v) is 8.39. The normalized spacial score (nSPS) is 17.5. The summed E-state index contributed by atoms with van der Waals surface area (Å²) in [6, 6.07) is 7.97. The van der Waals surface area contributed by atoms with Crippen LogP contribution in [0.15, 0.2) is 42.5 Å². The van der Waals surface area contributed by atoms with E-state index < -0.39 is 24.2 Å². The number of ether oxygens (including phenoxy) is 2. The highest BCUT2D eigenvalue weighted by molar-refractivity contribution is 6.36. The number of methoxy groups -OCH3 is 2. The predicted molar refractivity (Wildman–Crippen MR) is 122 cm³/mol. The van der Waals surface area contributed by atoms with Gasteiger partial charge in [0.1, 0.15) is 5.82 Å². The first kappa shape index (κ1) is 24.0. The van der Waals surface area contributed by atoms with Crippen molar-refractivity contribution in [2.24, 2.45) is 0 Å². The number of aromatic nitrogens is 2. The fraction of sp³-hybridized carbons (Fsp3) is 0.273. The SMILES string of the molecule is COc1ccc(C2CC(C(F)(F)F)n3nc(C(=O)Nc4ccc(Cl)cc4Cl)cc3N2)cc1OC. The smallest absolute Gasteiger partial charge is 0.410 e. The minimum absolute atomic E-state index is 0.0562. The van der Waals surface area contributed by atoms with Crippen LogP contribution in [-0.2, 0) is 0 Å². The maximum Gasteiger partial charge on any atom is 0.410 e. The van der Waals surface area contributed by atoms with Crippen LogP contribution < -0.4 is 20.1 Å². The molecule has 0 fully saturated rings. The molecule has 7 nitrogen and oxygen atoms in total. The predicted octanol–water partition coefficient (Wildman–Crippen LogP) is 6.12. The molecule has 1 aliphatic rings. The number of carbonyl (C=O) groups is 1. The Hall–Kier alpha value is -3.11. The van der Waals surface area contributed by atoms with Crippen LogP contribution in [0.2, 0.25) is 10.0 Å². The van der Waals surface area contributed by atoms with Gasteiger partial charge in [-0.05, 0) is 35.9 Å². The van der Waals surface area contributed by atoms with Crippen molar-refractivity contribution < 1.29 is 27.4 Å². The minimum atomic E-state index is -4.59. The van der Waals surface area contributed by atoms with Crippen molar-refractivity contribution in [1.82, 2.24) is 9.78 Å². The Morgan fingerprint density at radius 2 is 1.85 bits per heavy atom. The van der Waals surface area contributed by atoms with Crippen LogP contribution >= 0.6 is 23.2 Å². The molecule has 2 N–H and O–H groups in total. The molecule has 2 unspecified atom stereocenters. The third kappa shape index (κ3) is 4.74. The number of halogens is 5. The first-order valence-electron chi connectivity index (χ1n) is 10.0. The molecule has 2 aromatic carbocycles. The standard InChI is InChI=1S/C22H19Cl2F3N4O3/c1-33-17-6-3-11(7-18(17)34-2)15-9-19(22(25,26)27)31-20(28-15)10-16(30-31)21(32)29-14-5-4-12(23)8-13(14)24/h3-8,10,15,19,28H,9H2,1-2H3,(H,29,32). The van der Waals surface area contributed by atoms with E-state index in [2.05, 4.69) is 15.7 Å². The quantitative estimate of drug-likeness (QED) is 0.428. The maximum atomic E-state index is 14.0. The summed E-state index contributed by atoms with van der Waals surface area (Å²) in [6.45, 7) is 0. The summed E-state index contributed by atoms with van der Waals surface area (Å²) in [7, 11) is 2.92. The lowest BCUT2D eigenvalue weighted by atomic mass is 9.96. The highest BCUT2D eigenvalue weighted by Crippen LogP contribution is 2.44. The van der Waals surface area contributed by atoms with E-state index in [1.807, 2.05) is 0 Å². The van der Waals surface area contributed by atoms with Crippen LogP contribution in [-0.4, -0.2) is 36.1 Å². The van der Waals surface area contributed by atoms with E-state index in [-0.39, 0.29) is 28.6 Å². The topological polar surface area (TPSA) is 77.4 Å². The number of rotatable bonds is 5. The van der Waals surface area contributed by atoms with Crippen LogP contribution in [0, 0.1) is 0 Å². The monoisotopic (exact) mass is 514 g/mol. The van der Waals surface area contributed by atoms with Gasteiger partial charge >= 0.3 is 6.18 Å². The molecular weight excluding hydrogens is 496 g/mol. The van der Waals surface area contributed by atoms with Crippen molar-refractivity contribution in [3.63, 3.8) is 0 Å². The lowest BCUT2D eigenvalue weighted by Crippen LogP contribution is -2.35. The lowest BCUT2D eigenvalue weighted by Gasteiger charge is -2.33. The van der Waals surface area contributed by atoms with Gasteiger partial charge in [0.05, 0.1) is 31.0 Å². The summed E-state index contributed by atoms with van der Waals surface area (Å²) >= 11 is 11.9. The molecule has 34 heavy (non-hydrogen) atoms. The van der Waals surface area contributed by atoms with Crippen LogP contribution in [0.5, 0.6) is 11.5 Å². The van der Waals surface area contributed by atoms with E-state index in [1.54, 1.807) is 18.2 Å². The first-order chi connectivity index (χ1) is 16.1. The molecule has 0 spiro atoms. The number of amides is 1. The van der Waals surface area contributed by atoms with Gasteiger partial charge in [-0.15, -0.1) is 0 Å². The van der Waals surface area contributed by atoms with E-state index in [4.69, 9.17) is 32.7 Å². The summed E-state index contributed by atoms with van der Waals surface area (Å²) in [5.41, 5.74) is 0.625. The van der Waals surface area contributed by atoms with E-state index in [9.17, 15) is 18.0 Å². The Kier molecular flexibility index (Phi) is 6.55. The number of nitrogens with one attached hydrogen (secondary N) is 2. The lowest BCUT2D eigenvalue weighted by molar-refractivity contribution is -0.173. The third-order valence-corrected chi connectivity index (χ3v) is 5.96. The molecule has 1 aliphatic heterocycles. The highest BCUT2D eigenvalue weighted by Gasteiger charge is 2.47. The Balaban J connectivity index is 1.65. The molecule has 0 radical (unpaired) electrons. The molecule has 2 heterocycles. The van der Waals surface area contributed by atoms with Crippen LogP contribution in [0.4, 0.5) is 24.7 Å². The molecule has 12 heteroatoms. The largest absolute Gasteiger partial charge is 0.493 e. The molecule has 4 rings (SSSR count). The average molecular weight is 515 g/mol. The Morgan fingerprint density at radius 1 is 1.12 bits per heavy atom. The van der Waals surface area contributed by atoms with Crippen molar-refractivity contribution in [3.05, 3.63) is 63.8 Å². The molecule has 0 bridgehead atoms. The Bertz CT molecular complexity index is 1230. The summed E-state index contributed by atoms with van der Waals surface area (Å²) in [4.78, 5) is 12.7. The highest BCUT2D eigenvalue weighted by atomic mass is 35.5. The zero-order valence-corrected chi connectivity index (χ0v) is 19.4. The zero-order valence-electron chi connectivity index (χ0n) is 17.9. The first-order valence-corrected chi connectivity index (χ1v) is 10.8. The molecule has 0 saturated carbocycles. The van der Waals surface area contributed by atoms with Gasteiger partial charge in [-0.3, -0.25) is 4.79 Å². The number of carbonyl (C=O) groups excluding carboxylic acids is 1. The van der Waals surface area contributed by atoms with E-state index in [0.717, 1.165) is 4.68 Å². The average Bonchev–Trinajstić information content (AvgIpc) is 3.23. The molecule has 0 aliphatic carbocycles. The van der Waals surface area contributed by atoms with Gasteiger partial charge in [0, 0.05) is 17.5 Å². The number of hydrogen-bond donors (Lipinski definition) is 2. The zero-order chi connectivity index (χ0) is 24.6. The van der Waals surface area contributed by atoms with Gasteiger partial charge in [0.2, 0.25) is 0 Å². The second kappa shape index (κ2) is 9.27. The molecular formula is C22H19Cl2F3N4O3. The molecule has 180 valence electrons. The Morgan fingerprint density at radius 3 is 2.50 bits per heavy atom. The summed E-state index contributed by atoms with van der Waals surface area (Å²) in [5, 5.41) is 10.1. The molecule has 0 saturated heterocycles. The van der Waals surface area contributed by atoms with Gasteiger partial charge in [-0.1, -0.05) is 29.3 Å². The fourth-order valence-electron chi connectivity index (χ4n) is 3.75. The van der Waals surface area contributed by atoms with Gasteiger partial charge in [0.25, 0.3) is 5.91 Å². The molecule has 1 aromatic heterocycles. The van der Waals surface area contributed by atoms with Crippen molar-refractivity contribution in [3.8, 4) is 11.5 Å². The van der Waals surface area contributed by atoms with Crippen molar-refractivity contribution in [2.45, 2.75) is 24.7 Å². The van der Waals surface area contributed by atoms with E-state index >= 15 is 0 Å². The van der Waals surface area contributed by atoms with Crippen molar-refractivity contribution in [1.29, 1.82) is 0 Å². The van der Waals surface area contributed by atoms with Gasteiger partial charge in [-0.2, -0.15) is 18.3 Å². The maximum absolute atomic E-state index is 14.0. The number of fused-ring (bicyclic) bond motifs is 1. The third-order valence-electron chi connectivity index (χ3n) is 5.41. The van der Waals surface area contributed by atoms with Crippen molar-refractivity contribution in [2.75, 3.05) is 24.9 Å². The van der Waals surface area contributed by atoms with Crippen LogP contribution in [0.25, 0.3) is 0 Å². The second-order valence-electron chi connectivity index (χ2n) is 7.54. The summed E-state index contributed by atoms with van der Waals surface area (Å²) in [6.07, 6.45) is -4.93. The number of hydrogen-bond acceptors (Lipinski definition) is 5. The number of nitrogens with zero attached hydrogens (tertiary/aromatic N) is 2. The molecule has 2 atom stereocenters. The fourth-order valence-corrected chi connectivity index (χ4v) is 4.21. The number of anilines is 2. The van der Waals surface area contributed by atoms with Crippen LogP contribution in [0.3, 0.4) is 0 Å². The molecule has 3 aromatic rings. The van der Waals surface area contributed by atoms with Gasteiger partial charge in [0.15, 0.2) is 23.2 Å². The summed E-state index contributed by atoms with van der Waals surface area (Å²) in [5.74, 6) is 0.195. The molecule has 1 amide bonds. The van der Waals surface area contributed by atoms with Crippen LogP contribution in [0.1, 0.15) is 34.6 Å². The van der Waals surface area contributed by atoms with Gasteiger partial charge in [-0.25, -0.2) is 4.68 Å². The van der Waals surface area contributed by atoms with E-state index in [0.29, 0.717) is 22.1 Å². The number of alkyl halides is 3. The Labute approximate surface area is 202 Å². The van der Waals surface area contributed by atoms with Gasteiger partial charge < -0.3 is 20.1 Å². The van der Waals surface area contributed by atoms with E-state index in [1.165, 1.54) is 38.5 Å². The van der Waals surface area contributed by atoms with Crippen molar-refractivity contribution >= 4 is 40.6 Å². The number of benzene rings is 2. The minimum Gasteiger partial charge on any atom is -0.493 e. The summed E-state index contributed by atoms with van der Waals surface area (Å²) < 4.78 is 53.1.